The molecule has 10 aromatic rings. The Kier molecular flexibility index (Phi) is 8.79. The van der Waals surface area contributed by atoms with Crippen LogP contribution in [0.25, 0.3) is 55.3 Å². The van der Waals surface area contributed by atoms with Crippen LogP contribution in [0.4, 0.5) is 17.1 Å². The number of hydrogen-bond donors (Lipinski definition) is 0. The minimum Gasteiger partial charge on any atom is -0.310 e. The van der Waals surface area contributed by atoms with Crippen LogP contribution in [0.15, 0.2) is 249 Å². The average molecular weight is 764 g/mol. The first-order valence-electron chi connectivity index (χ1n) is 20.7. The van der Waals surface area contributed by atoms with Crippen molar-refractivity contribution in [3.63, 3.8) is 0 Å². The molecule has 1 aliphatic rings. The summed E-state index contributed by atoms with van der Waals surface area (Å²) < 4.78 is 0. The smallest absolute Gasteiger partial charge is 0.0714 e. The molecule has 1 aliphatic carbocycles. The van der Waals surface area contributed by atoms with Crippen molar-refractivity contribution >= 4 is 27.8 Å². The van der Waals surface area contributed by atoms with Crippen molar-refractivity contribution in [1.82, 2.24) is 0 Å². The van der Waals surface area contributed by atoms with Gasteiger partial charge in [-0.1, -0.05) is 200 Å². The van der Waals surface area contributed by atoms with Gasteiger partial charge < -0.3 is 4.90 Å². The van der Waals surface area contributed by atoms with E-state index in [2.05, 4.69) is 254 Å². The molecular weight excluding hydrogens is 723 g/mol. The van der Waals surface area contributed by atoms with E-state index in [0.29, 0.717) is 0 Å². The molecule has 0 aromatic heterocycles. The highest BCUT2D eigenvalue weighted by Crippen LogP contribution is 2.58. The molecule has 0 atom stereocenters. The quantitative estimate of drug-likeness (QED) is 0.149. The summed E-state index contributed by atoms with van der Waals surface area (Å²) in [5, 5.41) is 2.50. The summed E-state index contributed by atoms with van der Waals surface area (Å²) in [5.41, 5.74) is 17.6. The van der Waals surface area contributed by atoms with E-state index in [1.54, 1.807) is 0 Å². The lowest BCUT2D eigenvalue weighted by Gasteiger charge is -2.35. The second kappa shape index (κ2) is 14.9. The maximum absolute atomic E-state index is 2.46. The molecule has 1 nitrogen and oxygen atoms in total. The minimum atomic E-state index is -0.550. The molecule has 282 valence electrons. The molecule has 0 saturated carbocycles. The van der Waals surface area contributed by atoms with Gasteiger partial charge in [-0.15, -0.1) is 0 Å². The second-order valence-electron chi connectivity index (χ2n) is 15.7. The normalized spacial score (nSPS) is 12.5. The molecule has 0 unspecified atom stereocenters. The Bertz CT molecular complexity index is 2980. The van der Waals surface area contributed by atoms with E-state index in [0.717, 1.165) is 17.1 Å². The van der Waals surface area contributed by atoms with Crippen LogP contribution in [0.1, 0.15) is 22.3 Å². The van der Waals surface area contributed by atoms with Gasteiger partial charge in [-0.25, -0.2) is 0 Å². The zero-order chi connectivity index (χ0) is 39.9. The lowest BCUT2D eigenvalue weighted by Crippen LogP contribution is -2.28. The molecule has 0 bridgehead atoms. The van der Waals surface area contributed by atoms with Gasteiger partial charge in [-0.3, -0.25) is 0 Å². The fourth-order valence-corrected chi connectivity index (χ4v) is 9.48. The summed E-state index contributed by atoms with van der Waals surface area (Å²) in [6, 6.07) is 91.1. The Hall–Kier alpha value is -7.74. The molecule has 10 aromatic carbocycles. The van der Waals surface area contributed by atoms with Crippen LogP contribution in [-0.2, 0) is 5.41 Å². The average Bonchev–Trinajstić information content (AvgIpc) is 3.63. The van der Waals surface area contributed by atoms with Gasteiger partial charge in [0.2, 0.25) is 0 Å². The Labute approximate surface area is 352 Å². The van der Waals surface area contributed by atoms with Crippen LogP contribution in [0.5, 0.6) is 0 Å². The summed E-state index contributed by atoms with van der Waals surface area (Å²) in [6.07, 6.45) is 0. The predicted molar refractivity (Wildman–Crippen MR) is 252 cm³/mol. The van der Waals surface area contributed by atoms with Crippen molar-refractivity contribution in [3.05, 3.63) is 271 Å². The van der Waals surface area contributed by atoms with Crippen molar-refractivity contribution in [3.8, 4) is 44.5 Å². The van der Waals surface area contributed by atoms with Crippen molar-refractivity contribution < 1.29 is 0 Å². The minimum absolute atomic E-state index is 0.550. The van der Waals surface area contributed by atoms with E-state index in [1.165, 1.54) is 77.5 Å². The summed E-state index contributed by atoms with van der Waals surface area (Å²) in [6.45, 7) is 0. The Morgan fingerprint density at radius 1 is 0.250 bits per heavy atom. The molecule has 0 fully saturated rings. The largest absolute Gasteiger partial charge is 0.310 e. The van der Waals surface area contributed by atoms with Gasteiger partial charge in [0.05, 0.1) is 5.41 Å². The molecule has 0 N–H and O–H groups in total. The first-order chi connectivity index (χ1) is 29.7. The van der Waals surface area contributed by atoms with Gasteiger partial charge in [0.1, 0.15) is 0 Å². The van der Waals surface area contributed by atoms with E-state index in [9.17, 15) is 0 Å². The molecule has 60 heavy (non-hydrogen) atoms. The van der Waals surface area contributed by atoms with E-state index in [1.807, 2.05) is 0 Å². The van der Waals surface area contributed by atoms with E-state index < -0.39 is 5.41 Å². The Balaban J connectivity index is 1.13. The Morgan fingerprint density at radius 3 is 1.25 bits per heavy atom. The number of hydrogen-bond acceptors (Lipinski definition) is 1. The Morgan fingerprint density at radius 2 is 0.683 bits per heavy atom. The standard InChI is InChI=1S/C59H41N/c1-5-15-42(16-6-1)45-27-32-52(33-28-45)60(53-34-29-46(30-35-53)43-17-7-2-8-18-43)54-36-37-55-56-40-49(48-26-25-44-19-13-14-20-47(44)39-48)31-38-57(56)59(58(55)41-54,50-21-9-3-10-22-50)51-23-11-4-12-24-51/h1-41H. The number of benzene rings is 10. The SMILES string of the molecule is c1ccc(-c2ccc(N(c3ccc(-c4ccccc4)cc3)c3ccc4c(c3)C(c3ccccc3)(c3ccccc3)c3ccc(-c5ccc6ccccc6c5)cc3-4)cc2)cc1. The topological polar surface area (TPSA) is 3.24 Å². The van der Waals surface area contributed by atoms with Gasteiger partial charge in [0, 0.05) is 17.1 Å². The van der Waals surface area contributed by atoms with Gasteiger partial charge in [0.25, 0.3) is 0 Å². The summed E-state index contributed by atoms with van der Waals surface area (Å²) in [4.78, 5) is 2.41. The first kappa shape index (κ1) is 35.4. The van der Waals surface area contributed by atoms with Crippen molar-refractivity contribution in [2.24, 2.45) is 0 Å². The molecule has 0 radical (unpaired) electrons. The fraction of sp³-hybridized carbons (Fsp3) is 0.0169. The first-order valence-corrected chi connectivity index (χ1v) is 20.7. The highest BCUT2D eigenvalue weighted by Gasteiger charge is 2.46. The molecular formula is C59H41N. The molecule has 0 saturated heterocycles. The summed E-state index contributed by atoms with van der Waals surface area (Å²) >= 11 is 0. The zero-order valence-corrected chi connectivity index (χ0v) is 33.1. The number of rotatable bonds is 8. The number of fused-ring (bicyclic) bond motifs is 4. The summed E-state index contributed by atoms with van der Waals surface area (Å²) in [5.74, 6) is 0. The van der Waals surface area contributed by atoms with Crippen LogP contribution in [0.3, 0.4) is 0 Å². The number of anilines is 3. The van der Waals surface area contributed by atoms with Crippen LogP contribution in [-0.4, -0.2) is 0 Å². The van der Waals surface area contributed by atoms with Gasteiger partial charge in [-0.05, 0) is 126 Å². The molecule has 11 rings (SSSR count). The highest BCUT2D eigenvalue weighted by atomic mass is 15.1. The third-order valence-corrected chi connectivity index (χ3v) is 12.3. The van der Waals surface area contributed by atoms with Crippen molar-refractivity contribution in [2.75, 3.05) is 4.90 Å². The van der Waals surface area contributed by atoms with Crippen molar-refractivity contribution in [2.45, 2.75) is 5.41 Å². The third kappa shape index (κ3) is 6.03. The van der Waals surface area contributed by atoms with Gasteiger partial charge in [0.15, 0.2) is 0 Å². The van der Waals surface area contributed by atoms with Gasteiger partial charge >= 0.3 is 0 Å². The predicted octanol–water partition coefficient (Wildman–Crippen LogP) is 15.7. The van der Waals surface area contributed by atoms with E-state index >= 15 is 0 Å². The molecule has 1 heteroatoms. The van der Waals surface area contributed by atoms with Crippen LogP contribution in [0, 0.1) is 0 Å². The van der Waals surface area contributed by atoms with Crippen LogP contribution >= 0.6 is 0 Å². The lowest BCUT2D eigenvalue weighted by molar-refractivity contribution is 0.768. The van der Waals surface area contributed by atoms with Crippen molar-refractivity contribution in [1.29, 1.82) is 0 Å². The van der Waals surface area contributed by atoms with E-state index in [-0.39, 0.29) is 0 Å². The second-order valence-corrected chi connectivity index (χ2v) is 15.7. The maximum Gasteiger partial charge on any atom is 0.0714 e. The molecule has 0 aliphatic heterocycles. The summed E-state index contributed by atoms with van der Waals surface area (Å²) in [7, 11) is 0. The van der Waals surface area contributed by atoms with Crippen LogP contribution < -0.4 is 4.90 Å². The monoisotopic (exact) mass is 763 g/mol. The lowest BCUT2D eigenvalue weighted by atomic mass is 9.67. The zero-order valence-electron chi connectivity index (χ0n) is 33.1. The molecule has 0 amide bonds. The maximum atomic E-state index is 2.46. The van der Waals surface area contributed by atoms with Gasteiger partial charge in [-0.2, -0.15) is 0 Å². The molecule has 0 spiro atoms. The molecule has 0 heterocycles. The fourth-order valence-electron chi connectivity index (χ4n) is 9.48. The van der Waals surface area contributed by atoms with Crippen LogP contribution in [0.2, 0.25) is 0 Å². The highest BCUT2D eigenvalue weighted by molar-refractivity contribution is 5.93. The third-order valence-electron chi connectivity index (χ3n) is 12.3. The number of nitrogens with zero attached hydrogens (tertiary/aromatic N) is 1. The van der Waals surface area contributed by atoms with E-state index in [4.69, 9.17) is 0 Å².